The van der Waals surface area contributed by atoms with E-state index in [1.165, 1.54) is 12.1 Å². The molecule has 0 aromatic heterocycles. The number of carbonyl (C=O) groups is 1. The minimum absolute atomic E-state index is 0.0831. The third-order valence-corrected chi connectivity index (χ3v) is 6.31. The summed E-state index contributed by atoms with van der Waals surface area (Å²) < 4.78 is 46.1. The summed E-state index contributed by atoms with van der Waals surface area (Å²) in [6, 6.07) is 8.11. The molecule has 3 rings (SSSR count). The van der Waals surface area contributed by atoms with Gasteiger partial charge in [-0.15, -0.1) is 0 Å². The summed E-state index contributed by atoms with van der Waals surface area (Å²) in [6.45, 7) is 2.36. The zero-order chi connectivity index (χ0) is 21.3. The Morgan fingerprint density at radius 3 is 2.45 bits per heavy atom. The van der Waals surface area contributed by atoms with Crippen LogP contribution in [0.2, 0.25) is 0 Å². The van der Waals surface area contributed by atoms with Crippen LogP contribution >= 0.6 is 55.8 Å². The number of anilines is 1. The zero-order valence-electron chi connectivity index (χ0n) is 14.7. The van der Waals surface area contributed by atoms with Gasteiger partial charge in [0.15, 0.2) is 4.32 Å². The molecule has 1 saturated heterocycles. The topological polar surface area (TPSA) is 29.5 Å². The maximum absolute atomic E-state index is 13.0. The van der Waals surface area contributed by atoms with Gasteiger partial charge in [-0.2, -0.15) is 13.2 Å². The lowest BCUT2D eigenvalue weighted by Crippen LogP contribution is -2.27. The molecule has 0 bridgehead atoms. The summed E-state index contributed by atoms with van der Waals surface area (Å²) in [5, 5.41) is 0. The molecule has 0 spiro atoms. The summed E-state index contributed by atoms with van der Waals surface area (Å²) in [6.07, 6.45) is -2.87. The van der Waals surface area contributed by atoms with E-state index in [4.69, 9.17) is 17.0 Å². The molecule has 3 nitrogen and oxygen atoms in total. The van der Waals surface area contributed by atoms with E-state index in [9.17, 15) is 18.0 Å². The van der Waals surface area contributed by atoms with Gasteiger partial charge in [0.1, 0.15) is 5.75 Å². The van der Waals surface area contributed by atoms with Crippen molar-refractivity contribution in [2.75, 3.05) is 11.5 Å². The second-order valence-electron chi connectivity index (χ2n) is 5.81. The third kappa shape index (κ3) is 4.87. The average Bonchev–Trinajstić information content (AvgIpc) is 2.91. The molecule has 10 heteroatoms. The van der Waals surface area contributed by atoms with E-state index in [2.05, 4.69) is 31.9 Å². The Kier molecular flexibility index (Phi) is 6.77. The Bertz CT molecular complexity index is 1000. The lowest BCUT2D eigenvalue weighted by molar-refractivity contribution is -0.137. The SMILES string of the molecule is CCOc1c(Br)cc(/C=C2\SC(=S)N(c3cccc(C(F)(F)F)c3)C2=O)cc1Br. The summed E-state index contributed by atoms with van der Waals surface area (Å²) in [5.41, 5.74) is -0.0519. The van der Waals surface area contributed by atoms with Crippen LogP contribution in [0, 0.1) is 0 Å². The fourth-order valence-electron chi connectivity index (χ4n) is 2.61. The van der Waals surface area contributed by atoms with Gasteiger partial charge in [0.2, 0.25) is 0 Å². The number of hydrogen-bond donors (Lipinski definition) is 0. The van der Waals surface area contributed by atoms with Crippen LogP contribution in [-0.2, 0) is 11.0 Å². The summed E-state index contributed by atoms with van der Waals surface area (Å²) in [5.74, 6) is 0.168. The predicted molar refractivity (Wildman–Crippen MR) is 120 cm³/mol. The molecule has 1 amide bonds. The highest BCUT2D eigenvalue weighted by Crippen LogP contribution is 2.40. The van der Waals surface area contributed by atoms with E-state index in [-0.39, 0.29) is 10.0 Å². The largest absolute Gasteiger partial charge is 0.492 e. The Balaban J connectivity index is 1.94. The molecular weight excluding hydrogens is 555 g/mol. The summed E-state index contributed by atoms with van der Waals surface area (Å²) in [4.78, 5) is 14.3. The van der Waals surface area contributed by atoms with Crippen LogP contribution in [0.4, 0.5) is 18.9 Å². The predicted octanol–water partition coefficient (Wildman–Crippen LogP) is 7.03. The number of nitrogens with zero attached hydrogens (tertiary/aromatic N) is 1. The first-order valence-electron chi connectivity index (χ1n) is 8.19. The van der Waals surface area contributed by atoms with E-state index in [0.717, 1.165) is 28.8 Å². The average molecular weight is 567 g/mol. The minimum Gasteiger partial charge on any atom is -0.492 e. The Hall–Kier alpha value is -1.36. The monoisotopic (exact) mass is 565 g/mol. The smallest absolute Gasteiger partial charge is 0.416 e. The number of alkyl halides is 3. The van der Waals surface area contributed by atoms with Crippen molar-refractivity contribution in [1.29, 1.82) is 0 Å². The Labute approximate surface area is 191 Å². The van der Waals surface area contributed by atoms with Gasteiger partial charge in [-0.3, -0.25) is 9.69 Å². The number of hydrogen-bond acceptors (Lipinski definition) is 4. The maximum atomic E-state index is 13.0. The molecule has 1 aliphatic heterocycles. The molecule has 1 aliphatic rings. The van der Waals surface area contributed by atoms with Gasteiger partial charge in [-0.1, -0.05) is 30.0 Å². The van der Waals surface area contributed by atoms with Crippen LogP contribution in [0.3, 0.4) is 0 Å². The lowest BCUT2D eigenvalue weighted by atomic mass is 10.1. The van der Waals surface area contributed by atoms with Crippen molar-refractivity contribution in [3.05, 3.63) is 61.4 Å². The van der Waals surface area contributed by atoms with Gasteiger partial charge in [-0.05, 0) is 80.8 Å². The quantitative estimate of drug-likeness (QED) is 0.293. The van der Waals surface area contributed by atoms with Gasteiger partial charge in [-0.25, -0.2) is 0 Å². The van der Waals surface area contributed by atoms with Crippen molar-refractivity contribution in [3.8, 4) is 5.75 Å². The molecule has 0 atom stereocenters. The van der Waals surface area contributed by atoms with Crippen molar-refractivity contribution >= 4 is 77.8 Å². The van der Waals surface area contributed by atoms with E-state index in [1.807, 2.05) is 6.92 Å². The van der Waals surface area contributed by atoms with Gasteiger partial charge in [0.05, 0.1) is 31.7 Å². The molecule has 2 aromatic rings. The van der Waals surface area contributed by atoms with Gasteiger partial charge in [0, 0.05) is 0 Å². The number of thiocarbonyl (C=S) groups is 1. The maximum Gasteiger partial charge on any atom is 0.416 e. The van der Waals surface area contributed by atoms with Crippen LogP contribution in [0.25, 0.3) is 6.08 Å². The fourth-order valence-corrected chi connectivity index (χ4v) is 5.36. The molecule has 0 aliphatic carbocycles. The van der Waals surface area contributed by atoms with E-state index >= 15 is 0 Å². The lowest BCUT2D eigenvalue weighted by Gasteiger charge is -2.16. The first-order valence-corrected chi connectivity index (χ1v) is 11.0. The van der Waals surface area contributed by atoms with Crippen molar-refractivity contribution < 1.29 is 22.7 Å². The normalized spacial score (nSPS) is 16.1. The van der Waals surface area contributed by atoms with Crippen LogP contribution in [0.5, 0.6) is 5.75 Å². The van der Waals surface area contributed by atoms with Crippen molar-refractivity contribution in [3.63, 3.8) is 0 Å². The molecular formula is C19H12Br2F3NO2S2. The van der Waals surface area contributed by atoms with Crippen LogP contribution in [-0.4, -0.2) is 16.8 Å². The number of amides is 1. The third-order valence-electron chi connectivity index (χ3n) is 3.83. The Morgan fingerprint density at radius 1 is 1.21 bits per heavy atom. The van der Waals surface area contributed by atoms with Crippen LogP contribution < -0.4 is 9.64 Å². The molecule has 1 heterocycles. The van der Waals surface area contributed by atoms with Gasteiger partial charge in [0.25, 0.3) is 5.91 Å². The Morgan fingerprint density at radius 2 is 1.86 bits per heavy atom. The van der Waals surface area contributed by atoms with E-state index in [0.29, 0.717) is 31.8 Å². The van der Waals surface area contributed by atoms with Crippen molar-refractivity contribution in [1.82, 2.24) is 0 Å². The first kappa shape index (κ1) is 22.3. The second-order valence-corrected chi connectivity index (χ2v) is 9.20. The first-order chi connectivity index (χ1) is 13.6. The standard InChI is InChI=1S/C19H12Br2F3NO2S2/c1-2-27-16-13(20)6-10(7-14(16)21)8-15-17(26)25(18(28)29-15)12-5-3-4-11(9-12)19(22,23)24/h3-9H,2H2,1H3/b15-8-. The summed E-state index contributed by atoms with van der Waals surface area (Å²) in [7, 11) is 0. The van der Waals surface area contributed by atoms with E-state index in [1.54, 1.807) is 18.2 Å². The molecule has 0 saturated carbocycles. The van der Waals surface area contributed by atoms with Crippen LogP contribution in [0.15, 0.2) is 50.2 Å². The van der Waals surface area contributed by atoms with Crippen molar-refractivity contribution in [2.24, 2.45) is 0 Å². The molecule has 0 unspecified atom stereocenters. The molecule has 1 fully saturated rings. The number of benzene rings is 2. The van der Waals surface area contributed by atoms with Crippen molar-refractivity contribution in [2.45, 2.75) is 13.1 Å². The van der Waals surface area contributed by atoms with Gasteiger partial charge < -0.3 is 4.74 Å². The fraction of sp³-hybridized carbons (Fsp3) is 0.158. The highest BCUT2D eigenvalue weighted by atomic mass is 79.9. The van der Waals surface area contributed by atoms with E-state index < -0.39 is 17.6 Å². The second kappa shape index (κ2) is 8.79. The molecule has 152 valence electrons. The molecule has 29 heavy (non-hydrogen) atoms. The van der Waals surface area contributed by atoms with Crippen LogP contribution in [0.1, 0.15) is 18.1 Å². The number of thioether (sulfide) groups is 1. The number of ether oxygens (including phenoxy) is 1. The minimum atomic E-state index is -4.51. The summed E-state index contributed by atoms with van der Waals surface area (Å²) >= 11 is 13.1. The molecule has 2 aromatic carbocycles. The zero-order valence-corrected chi connectivity index (χ0v) is 19.5. The van der Waals surface area contributed by atoms with Gasteiger partial charge >= 0.3 is 6.18 Å². The number of carbonyl (C=O) groups excluding carboxylic acids is 1. The molecule has 0 radical (unpaired) electrons. The number of halogens is 5. The highest BCUT2D eigenvalue weighted by Gasteiger charge is 2.36. The highest BCUT2D eigenvalue weighted by molar-refractivity contribution is 9.11. The molecule has 0 N–H and O–H groups in total. The number of rotatable bonds is 4.